The first-order chi connectivity index (χ1) is 14.2. The highest BCUT2D eigenvalue weighted by Crippen LogP contribution is 2.39. The first kappa shape index (κ1) is 21.2. The average Bonchev–Trinajstić information content (AvgIpc) is 3.32. The quantitative estimate of drug-likeness (QED) is 0.374. The fourth-order valence-electron chi connectivity index (χ4n) is 3.92. The summed E-state index contributed by atoms with van der Waals surface area (Å²) >= 11 is 0. The van der Waals surface area contributed by atoms with Crippen molar-refractivity contribution in [2.45, 2.75) is 57.5 Å². The Kier molecular flexibility index (Phi) is 7.91. The summed E-state index contributed by atoms with van der Waals surface area (Å²) in [5.74, 6) is 6.50. The molecule has 0 heterocycles. The van der Waals surface area contributed by atoms with Crippen molar-refractivity contribution in [3.8, 4) is 11.8 Å². The van der Waals surface area contributed by atoms with Crippen LogP contribution < -0.4 is 0 Å². The SMILES string of the molecule is CCCCCCCCC#Cc1ccc(C(O)(c2ccccc2)C2C=CC=C2)cc1. The van der Waals surface area contributed by atoms with E-state index in [1.165, 1.54) is 38.5 Å². The Labute approximate surface area is 176 Å². The molecular formula is C28H32O. The molecule has 2 aromatic rings. The molecule has 0 radical (unpaired) electrons. The van der Waals surface area contributed by atoms with E-state index in [-0.39, 0.29) is 5.92 Å². The third-order valence-corrected chi connectivity index (χ3v) is 5.66. The van der Waals surface area contributed by atoms with Gasteiger partial charge in [0.25, 0.3) is 0 Å². The molecule has 0 aliphatic heterocycles. The fourth-order valence-corrected chi connectivity index (χ4v) is 3.92. The van der Waals surface area contributed by atoms with Crippen molar-refractivity contribution in [3.63, 3.8) is 0 Å². The second-order valence-corrected chi connectivity index (χ2v) is 7.82. The summed E-state index contributed by atoms with van der Waals surface area (Å²) in [5, 5.41) is 11.7. The third kappa shape index (κ3) is 5.49. The van der Waals surface area contributed by atoms with Crippen molar-refractivity contribution in [1.82, 2.24) is 0 Å². The third-order valence-electron chi connectivity index (χ3n) is 5.66. The molecule has 1 nitrogen and oxygen atoms in total. The first-order valence-corrected chi connectivity index (χ1v) is 11.0. The first-order valence-electron chi connectivity index (χ1n) is 11.0. The molecule has 1 heteroatoms. The van der Waals surface area contributed by atoms with Crippen LogP contribution in [0.3, 0.4) is 0 Å². The normalized spacial score (nSPS) is 15.1. The molecule has 1 N–H and O–H groups in total. The summed E-state index contributed by atoms with van der Waals surface area (Å²) in [4.78, 5) is 0. The van der Waals surface area contributed by atoms with Gasteiger partial charge in [-0.15, -0.1) is 0 Å². The molecule has 2 aromatic carbocycles. The van der Waals surface area contributed by atoms with Gasteiger partial charge >= 0.3 is 0 Å². The fraction of sp³-hybridized carbons (Fsp3) is 0.357. The van der Waals surface area contributed by atoms with Gasteiger partial charge in [-0.2, -0.15) is 0 Å². The van der Waals surface area contributed by atoms with E-state index < -0.39 is 5.60 Å². The number of allylic oxidation sites excluding steroid dienone is 2. The lowest BCUT2D eigenvalue weighted by Crippen LogP contribution is -2.34. The number of hydrogen-bond donors (Lipinski definition) is 1. The lowest BCUT2D eigenvalue weighted by Gasteiger charge is -2.33. The Morgan fingerprint density at radius 2 is 1.41 bits per heavy atom. The van der Waals surface area contributed by atoms with Gasteiger partial charge < -0.3 is 5.11 Å². The number of aliphatic hydroxyl groups is 1. The van der Waals surface area contributed by atoms with Crippen LogP contribution in [0.15, 0.2) is 78.9 Å². The van der Waals surface area contributed by atoms with Gasteiger partial charge in [0.05, 0.1) is 0 Å². The van der Waals surface area contributed by atoms with Gasteiger partial charge in [-0.1, -0.05) is 118 Å². The largest absolute Gasteiger partial charge is 0.379 e. The molecule has 0 amide bonds. The van der Waals surface area contributed by atoms with E-state index in [1.807, 2.05) is 66.7 Å². The highest BCUT2D eigenvalue weighted by Gasteiger charge is 2.38. The molecule has 0 saturated carbocycles. The van der Waals surface area contributed by atoms with E-state index in [1.54, 1.807) is 0 Å². The molecule has 1 aliphatic rings. The maximum absolute atomic E-state index is 11.7. The highest BCUT2D eigenvalue weighted by molar-refractivity contribution is 5.45. The Morgan fingerprint density at radius 3 is 2.10 bits per heavy atom. The minimum atomic E-state index is -1.07. The van der Waals surface area contributed by atoms with E-state index in [2.05, 4.69) is 30.9 Å². The molecule has 1 atom stereocenters. The minimum Gasteiger partial charge on any atom is -0.379 e. The van der Waals surface area contributed by atoms with Gasteiger partial charge in [0, 0.05) is 17.9 Å². The molecule has 29 heavy (non-hydrogen) atoms. The number of unbranched alkanes of at least 4 members (excludes halogenated alkanes) is 6. The molecular weight excluding hydrogens is 352 g/mol. The van der Waals surface area contributed by atoms with Crippen LogP contribution in [0, 0.1) is 17.8 Å². The smallest absolute Gasteiger partial charge is 0.124 e. The summed E-state index contributed by atoms with van der Waals surface area (Å²) in [6.07, 6.45) is 16.8. The second kappa shape index (κ2) is 10.8. The lowest BCUT2D eigenvalue weighted by atomic mass is 9.76. The van der Waals surface area contributed by atoms with Gasteiger partial charge in [0.15, 0.2) is 0 Å². The Balaban J connectivity index is 1.67. The van der Waals surface area contributed by atoms with Crippen LogP contribution in [-0.2, 0) is 5.60 Å². The zero-order chi connectivity index (χ0) is 20.4. The predicted molar refractivity (Wildman–Crippen MR) is 123 cm³/mol. The zero-order valence-corrected chi connectivity index (χ0v) is 17.5. The summed E-state index contributed by atoms with van der Waals surface area (Å²) in [6, 6.07) is 18.0. The van der Waals surface area contributed by atoms with Crippen molar-refractivity contribution in [2.24, 2.45) is 5.92 Å². The van der Waals surface area contributed by atoms with Crippen LogP contribution in [0.4, 0.5) is 0 Å². The van der Waals surface area contributed by atoms with Crippen molar-refractivity contribution in [2.75, 3.05) is 0 Å². The van der Waals surface area contributed by atoms with Crippen molar-refractivity contribution >= 4 is 0 Å². The molecule has 0 aromatic heterocycles. The van der Waals surface area contributed by atoms with Crippen molar-refractivity contribution in [1.29, 1.82) is 0 Å². The summed E-state index contributed by atoms with van der Waals surface area (Å²) in [6.45, 7) is 2.25. The van der Waals surface area contributed by atoms with E-state index >= 15 is 0 Å². The van der Waals surface area contributed by atoms with Crippen molar-refractivity contribution in [3.05, 3.63) is 95.6 Å². The van der Waals surface area contributed by atoms with Crippen LogP contribution in [0.1, 0.15) is 68.6 Å². The van der Waals surface area contributed by atoms with Crippen LogP contribution >= 0.6 is 0 Å². The van der Waals surface area contributed by atoms with E-state index in [0.717, 1.165) is 23.1 Å². The Morgan fingerprint density at radius 1 is 0.793 bits per heavy atom. The summed E-state index contributed by atoms with van der Waals surface area (Å²) in [7, 11) is 0. The van der Waals surface area contributed by atoms with E-state index in [9.17, 15) is 5.11 Å². The predicted octanol–water partition coefficient (Wildman–Crippen LogP) is 6.77. The monoisotopic (exact) mass is 384 g/mol. The lowest BCUT2D eigenvalue weighted by molar-refractivity contribution is 0.0548. The number of rotatable bonds is 9. The van der Waals surface area contributed by atoms with E-state index in [0.29, 0.717) is 0 Å². The summed E-state index contributed by atoms with van der Waals surface area (Å²) < 4.78 is 0. The number of hydrogen-bond acceptors (Lipinski definition) is 1. The Hall–Kier alpha value is -2.56. The average molecular weight is 385 g/mol. The van der Waals surface area contributed by atoms with Crippen molar-refractivity contribution < 1.29 is 5.11 Å². The van der Waals surface area contributed by atoms with Gasteiger partial charge in [0.2, 0.25) is 0 Å². The summed E-state index contributed by atoms with van der Waals surface area (Å²) in [5.41, 5.74) is 1.73. The molecule has 0 saturated heterocycles. The highest BCUT2D eigenvalue weighted by atomic mass is 16.3. The molecule has 3 rings (SSSR count). The molecule has 1 unspecified atom stereocenters. The van der Waals surface area contributed by atoms with Gasteiger partial charge in [-0.05, 0) is 29.7 Å². The standard InChI is InChI=1S/C28H32O/c1-2-3-4-5-6-7-8-10-15-24-20-22-27(23-21-24)28(29,26-18-13-14-19-26)25-16-11-9-12-17-25/h9,11-14,16-23,26,29H,2-8H2,1H3. The van der Waals surface area contributed by atoms with E-state index in [4.69, 9.17) is 0 Å². The zero-order valence-electron chi connectivity index (χ0n) is 17.5. The topological polar surface area (TPSA) is 20.2 Å². The van der Waals surface area contributed by atoms with Crippen LogP contribution in [0.25, 0.3) is 0 Å². The van der Waals surface area contributed by atoms with Gasteiger partial charge in [0.1, 0.15) is 5.60 Å². The molecule has 0 bridgehead atoms. The maximum Gasteiger partial charge on any atom is 0.124 e. The molecule has 1 aliphatic carbocycles. The number of benzene rings is 2. The maximum atomic E-state index is 11.7. The molecule has 150 valence electrons. The Bertz CT molecular complexity index is 852. The molecule has 0 fully saturated rings. The van der Waals surface area contributed by atoms with Gasteiger partial charge in [-0.3, -0.25) is 0 Å². The second-order valence-electron chi connectivity index (χ2n) is 7.82. The van der Waals surface area contributed by atoms with Crippen LogP contribution in [0.2, 0.25) is 0 Å². The van der Waals surface area contributed by atoms with Gasteiger partial charge in [-0.25, -0.2) is 0 Å². The van der Waals surface area contributed by atoms with Crippen LogP contribution in [0.5, 0.6) is 0 Å². The minimum absolute atomic E-state index is 0.0745. The molecule has 0 spiro atoms. The van der Waals surface area contributed by atoms with Crippen LogP contribution in [-0.4, -0.2) is 5.11 Å².